The second kappa shape index (κ2) is 5.80. The van der Waals surface area contributed by atoms with Crippen LogP contribution in [0.3, 0.4) is 0 Å². The number of aryl methyl sites for hydroxylation is 1. The van der Waals surface area contributed by atoms with Crippen molar-refractivity contribution in [3.63, 3.8) is 0 Å². The summed E-state index contributed by atoms with van der Waals surface area (Å²) in [5.74, 6) is 0.0400. The molecule has 1 aromatic heterocycles. The Hall–Kier alpha value is -0.940. The summed E-state index contributed by atoms with van der Waals surface area (Å²) >= 11 is 8.05. The number of Topliss-reactive ketones (excluding diaryl/α,β-unsaturated/α-hetero) is 1. The van der Waals surface area contributed by atoms with Crippen LogP contribution in [0, 0.1) is 10.5 Å². The molecule has 0 unspecified atom stereocenters. The molecule has 0 bridgehead atoms. The number of carbonyl (C=O) groups is 1. The molecule has 92 valence electrons. The summed E-state index contributed by atoms with van der Waals surface area (Å²) in [6.07, 6.45) is 2.07. The van der Waals surface area contributed by atoms with E-state index in [0.717, 1.165) is 14.8 Å². The maximum absolute atomic E-state index is 12.2. The maximum Gasteiger partial charge on any atom is 0.169 e. The normalized spacial score (nSPS) is 10.4. The Kier molecular flexibility index (Phi) is 4.35. The Morgan fingerprint density at radius 1 is 1.33 bits per heavy atom. The fourth-order valence-electron chi connectivity index (χ4n) is 1.57. The zero-order chi connectivity index (χ0) is 13.1. The summed E-state index contributed by atoms with van der Waals surface area (Å²) < 4.78 is 0.911. The van der Waals surface area contributed by atoms with E-state index in [9.17, 15) is 4.79 Å². The lowest BCUT2D eigenvalue weighted by molar-refractivity contribution is 0.0991. The van der Waals surface area contributed by atoms with Crippen LogP contribution in [0.4, 0.5) is 0 Å². The van der Waals surface area contributed by atoms with E-state index < -0.39 is 0 Å². The summed E-state index contributed by atoms with van der Waals surface area (Å²) in [6, 6.07) is 9.17. The third kappa shape index (κ3) is 3.29. The molecule has 0 amide bonds. The van der Waals surface area contributed by atoms with Crippen LogP contribution in [0.1, 0.15) is 21.6 Å². The fourth-order valence-corrected chi connectivity index (χ4v) is 2.38. The Labute approximate surface area is 125 Å². The molecule has 0 aliphatic carbocycles. The smallest absolute Gasteiger partial charge is 0.169 e. The molecule has 0 radical (unpaired) electrons. The Morgan fingerprint density at radius 3 is 2.78 bits per heavy atom. The Morgan fingerprint density at radius 2 is 2.11 bits per heavy atom. The first-order valence-electron chi connectivity index (χ1n) is 5.46. The van der Waals surface area contributed by atoms with Gasteiger partial charge in [-0.3, -0.25) is 9.78 Å². The van der Waals surface area contributed by atoms with Crippen LogP contribution in [0.2, 0.25) is 5.02 Å². The number of pyridine rings is 1. The molecule has 0 N–H and O–H groups in total. The van der Waals surface area contributed by atoms with Gasteiger partial charge in [-0.1, -0.05) is 17.7 Å². The number of benzene rings is 1. The fraction of sp³-hybridized carbons (Fsp3) is 0.143. The summed E-state index contributed by atoms with van der Waals surface area (Å²) in [5, 5.41) is 0.579. The number of ketones is 1. The van der Waals surface area contributed by atoms with E-state index >= 15 is 0 Å². The minimum absolute atomic E-state index is 0.0400. The standard InChI is InChI=1S/C14H11ClINO/c1-9-2-4-11(17-8-9)7-14(18)12-6-10(15)3-5-13(12)16/h2-6,8H,7H2,1H3. The average Bonchev–Trinajstić information content (AvgIpc) is 2.35. The third-order valence-corrected chi connectivity index (χ3v) is 3.72. The van der Waals surface area contributed by atoms with Gasteiger partial charge in [-0.25, -0.2) is 0 Å². The highest BCUT2D eigenvalue weighted by molar-refractivity contribution is 14.1. The van der Waals surface area contributed by atoms with E-state index in [-0.39, 0.29) is 5.78 Å². The van der Waals surface area contributed by atoms with E-state index in [1.54, 1.807) is 18.3 Å². The Bertz CT molecular complexity index is 581. The lowest BCUT2D eigenvalue weighted by Gasteiger charge is -2.04. The number of nitrogens with zero attached hydrogens (tertiary/aromatic N) is 1. The van der Waals surface area contributed by atoms with Crippen molar-refractivity contribution in [3.8, 4) is 0 Å². The second-order valence-corrected chi connectivity index (χ2v) is 5.65. The number of carbonyl (C=O) groups excluding carboxylic acids is 1. The van der Waals surface area contributed by atoms with Gasteiger partial charge >= 0.3 is 0 Å². The molecule has 1 heterocycles. The molecule has 0 saturated heterocycles. The van der Waals surface area contributed by atoms with Gasteiger partial charge in [-0.15, -0.1) is 0 Å². The molecule has 0 aliphatic heterocycles. The van der Waals surface area contributed by atoms with E-state index in [0.29, 0.717) is 17.0 Å². The molecular formula is C14H11ClINO. The van der Waals surface area contributed by atoms with Crippen molar-refractivity contribution < 1.29 is 4.79 Å². The van der Waals surface area contributed by atoms with Gasteiger partial charge < -0.3 is 0 Å². The summed E-state index contributed by atoms with van der Waals surface area (Å²) in [5.41, 5.74) is 2.52. The summed E-state index contributed by atoms with van der Waals surface area (Å²) in [4.78, 5) is 16.4. The van der Waals surface area contributed by atoms with E-state index in [2.05, 4.69) is 27.6 Å². The van der Waals surface area contributed by atoms with Gasteiger partial charge in [0.15, 0.2) is 5.78 Å². The molecule has 0 saturated carbocycles. The average molecular weight is 372 g/mol. The van der Waals surface area contributed by atoms with Crippen molar-refractivity contribution in [2.24, 2.45) is 0 Å². The van der Waals surface area contributed by atoms with Crippen LogP contribution in [-0.4, -0.2) is 10.8 Å². The maximum atomic E-state index is 12.2. The largest absolute Gasteiger partial charge is 0.294 e. The van der Waals surface area contributed by atoms with Crippen LogP contribution in [0.25, 0.3) is 0 Å². The second-order valence-electron chi connectivity index (χ2n) is 4.05. The molecule has 0 fully saturated rings. The highest BCUT2D eigenvalue weighted by Crippen LogP contribution is 2.19. The predicted molar refractivity (Wildman–Crippen MR) is 81.2 cm³/mol. The minimum atomic E-state index is 0.0400. The minimum Gasteiger partial charge on any atom is -0.294 e. The number of rotatable bonds is 3. The quantitative estimate of drug-likeness (QED) is 0.601. The van der Waals surface area contributed by atoms with Crippen LogP contribution >= 0.6 is 34.2 Å². The summed E-state index contributed by atoms with van der Waals surface area (Å²) in [6.45, 7) is 1.97. The molecule has 0 aliphatic rings. The van der Waals surface area contributed by atoms with Gasteiger partial charge in [0.25, 0.3) is 0 Å². The van der Waals surface area contributed by atoms with Crippen molar-refractivity contribution in [2.45, 2.75) is 13.3 Å². The monoisotopic (exact) mass is 371 g/mol. The van der Waals surface area contributed by atoms with Gasteiger partial charge in [0.1, 0.15) is 0 Å². The van der Waals surface area contributed by atoms with Crippen molar-refractivity contribution in [1.82, 2.24) is 4.98 Å². The van der Waals surface area contributed by atoms with Gasteiger partial charge in [0.05, 0.1) is 6.42 Å². The first-order chi connectivity index (χ1) is 8.56. The van der Waals surface area contributed by atoms with E-state index in [4.69, 9.17) is 11.6 Å². The van der Waals surface area contributed by atoms with Crippen molar-refractivity contribution in [3.05, 3.63) is 61.9 Å². The number of aromatic nitrogens is 1. The zero-order valence-electron chi connectivity index (χ0n) is 9.78. The van der Waals surface area contributed by atoms with E-state index in [1.165, 1.54) is 0 Å². The molecule has 4 heteroatoms. The molecule has 2 aromatic rings. The molecule has 0 spiro atoms. The van der Waals surface area contributed by atoms with E-state index in [1.807, 2.05) is 25.1 Å². The van der Waals surface area contributed by atoms with Crippen molar-refractivity contribution in [2.75, 3.05) is 0 Å². The van der Waals surface area contributed by atoms with Crippen LogP contribution in [0.5, 0.6) is 0 Å². The lowest BCUT2D eigenvalue weighted by atomic mass is 10.1. The lowest BCUT2D eigenvalue weighted by Crippen LogP contribution is -2.07. The Balaban J connectivity index is 2.21. The molecule has 0 atom stereocenters. The van der Waals surface area contributed by atoms with Gasteiger partial charge in [-0.05, 0) is 59.3 Å². The highest BCUT2D eigenvalue weighted by Gasteiger charge is 2.12. The van der Waals surface area contributed by atoms with Gasteiger partial charge in [-0.2, -0.15) is 0 Å². The molecule has 2 nitrogen and oxygen atoms in total. The van der Waals surface area contributed by atoms with Gasteiger partial charge in [0.2, 0.25) is 0 Å². The molecule has 2 rings (SSSR count). The van der Waals surface area contributed by atoms with Crippen LogP contribution in [-0.2, 0) is 6.42 Å². The first-order valence-corrected chi connectivity index (χ1v) is 6.92. The third-order valence-electron chi connectivity index (χ3n) is 2.54. The first kappa shape index (κ1) is 13.5. The SMILES string of the molecule is Cc1ccc(CC(=O)c2cc(Cl)ccc2I)nc1. The topological polar surface area (TPSA) is 30.0 Å². The van der Waals surface area contributed by atoms with Crippen LogP contribution < -0.4 is 0 Å². The number of hydrogen-bond acceptors (Lipinski definition) is 2. The number of hydrogen-bond donors (Lipinski definition) is 0. The molecular weight excluding hydrogens is 361 g/mol. The summed E-state index contributed by atoms with van der Waals surface area (Å²) in [7, 11) is 0. The van der Waals surface area contributed by atoms with Crippen molar-refractivity contribution in [1.29, 1.82) is 0 Å². The molecule has 1 aromatic carbocycles. The molecule has 18 heavy (non-hydrogen) atoms. The van der Waals surface area contributed by atoms with Crippen LogP contribution in [0.15, 0.2) is 36.5 Å². The predicted octanol–water partition coefficient (Wildman–Crippen LogP) is 4.07. The highest BCUT2D eigenvalue weighted by atomic mass is 127. The van der Waals surface area contributed by atoms with Crippen molar-refractivity contribution >= 4 is 40.0 Å². The zero-order valence-corrected chi connectivity index (χ0v) is 12.7. The number of halogens is 2. The van der Waals surface area contributed by atoms with Gasteiger partial charge in [0, 0.05) is 26.0 Å².